The standard InChI is InChI=1S/C17H17BrFN3O6S/c1-29(25,26)11-2-3-13(12(19)8-11)28-16-14(18)15(20-9-21-16)27-10-4-6-22(7-5-10)17(23)24/h2-3,8-10H,4-7H2,1H3,(H,23,24). The van der Waals surface area contributed by atoms with Gasteiger partial charge in [0.05, 0.1) is 4.90 Å². The molecule has 0 spiro atoms. The van der Waals surface area contributed by atoms with Crippen LogP contribution in [0.1, 0.15) is 12.8 Å². The van der Waals surface area contributed by atoms with Crippen LogP contribution >= 0.6 is 15.9 Å². The van der Waals surface area contributed by atoms with Gasteiger partial charge in [0.2, 0.25) is 11.8 Å². The van der Waals surface area contributed by atoms with Crippen LogP contribution in [0, 0.1) is 5.82 Å². The van der Waals surface area contributed by atoms with Crippen molar-refractivity contribution in [2.24, 2.45) is 0 Å². The monoisotopic (exact) mass is 489 g/mol. The largest absolute Gasteiger partial charge is 0.473 e. The highest BCUT2D eigenvalue weighted by molar-refractivity contribution is 9.10. The summed E-state index contributed by atoms with van der Waals surface area (Å²) in [6.45, 7) is 0.702. The lowest BCUT2D eigenvalue weighted by Gasteiger charge is -2.30. The Kier molecular flexibility index (Phi) is 6.22. The first-order valence-corrected chi connectivity index (χ1v) is 11.2. The Morgan fingerprint density at radius 3 is 2.52 bits per heavy atom. The fourth-order valence-electron chi connectivity index (χ4n) is 2.71. The lowest BCUT2D eigenvalue weighted by molar-refractivity contribution is 0.0864. The van der Waals surface area contributed by atoms with Crippen molar-refractivity contribution in [1.29, 1.82) is 0 Å². The summed E-state index contributed by atoms with van der Waals surface area (Å²) in [5, 5.41) is 9.00. The highest BCUT2D eigenvalue weighted by atomic mass is 79.9. The normalized spacial score (nSPS) is 15.2. The minimum Gasteiger partial charge on any atom is -0.473 e. The summed E-state index contributed by atoms with van der Waals surface area (Å²) in [6.07, 6.45) is 1.96. The van der Waals surface area contributed by atoms with Crippen molar-refractivity contribution in [3.63, 3.8) is 0 Å². The maximum absolute atomic E-state index is 14.2. The first-order valence-electron chi connectivity index (χ1n) is 8.47. The van der Waals surface area contributed by atoms with E-state index in [0.717, 1.165) is 12.3 Å². The molecule has 29 heavy (non-hydrogen) atoms. The van der Waals surface area contributed by atoms with E-state index in [2.05, 4.69) is 25.9 Å². The van der Waals surface area contributed by atoms with Crippen molar-refractivity contribution >= 4 is 31.9 Å². The Morgan fingerprint density at radius 2 is 1.93 bits per heavy atom. The number of hydrogen-bond acceptors (Lipinski definition) is 7. The van der Waals surface area contributed by atoms with Crippen molar-refractivity contribution in [1.82, 2.24) is 14.9 Å². The molecular formula is C17H17BrFN3O6S. The van der Waals surface area contributed by atoms with E-state index < -0.39 is 21.7 Å². The second kappa shape index (κ2) is 8.49. The molecule has 1 fully saturated rings. The molecule has 2 heterocycles. The Labute approximate surface area is 174 Å². The molecule has 1 aliphatic heterocycles. The summed E-state index contributed by atoms with van der Waals surface area (Å²) in [7, 11) is -3.55. The number of carbonyl (C=O) groups is 1. The molecule has 0 bridgehead atoms. The summed E-state index contributed by atoms with van der Waals surface area (Å²) in [6, 6.07) is 3.30. The van der Waals surface area contributed by atoms with E-state index in [0.29, 0.717) is 25.9 Å². The molecule has 1 aromatic heterocycles. The van der Waals surface area contributed by atoms with Crippen LogP contribution in [0.25, 0.3) is 0 Å². The molecule has 1 aromatic carbocycles. The van der Waals surface area contributed by atoms with Crippen molar-refractivity contribution in [2.45, 2.75) is 23.8 Å². The minimum absolute atomic E-state index is 0.0102. The Morgan fingerprint density at radius 1 is 1.28 bits per heavy atom. The molecule has 12 heteroatoms. The van der Waals surface area contributed by atoms with Gasteiger partial charge in [-0.15, -0.1) is 0 Å². The van der Waals surface area contributed by atoms with Crippen LogP contribution in [-0.2, 0) is 9.84 Å². The minimum atomic E-state index is -3.55. The van der Waals surface area contributed by atoms with E-state index in [1.54, 1.807) is 0 Å². The number of nitrogens with zero attached hydrogens (tertiary/aromatic N) is 3. The molecule has 0 saturated carbocycles. The molecule has 1 N–H and O–H groups in total. The molecule has 0 aliphatic carbocycles. The van der Waals surface area contributed by atoms with E-state index in [4.69, 9.17) is 14.6 Å². The van der Waals surface area contributed by atoms with Gasteiger partial charge >= 0.3 is 6.09 Å². The average molecular weight is 490 g/mol. The third-order valence-corrected chi connectivity index (χ3v) is 6.04. The highest BCUT2D eigenvalue weighted by Crippen LogP contribution is 2.35. The van der Waals surface area contributed by atoms with Crippen LogP contribution in [0.2, 0.25) is 0 Å². The van der Waals surface area contributed by atoms with Gasteiger partial charge in [0.25, 0.3) is 0 Å². The first kappa shape index (κ1) is 21.2. The fraction of sp³-hybridized carbons (Fsp3) is 0.353. The van der Waals surface area contributed by atoms with Gasteiger partial charge in [-0.2, -0.15) is 0 Å². The summed E-state index contributed by atoms with van der Waals surface area (Å²) >= 11 is 3.27. The van der Waals surface area contributed by atoms with Crippen LogP contribution in [0.15, 0.2) is 33.9 Å². The predicted octanol–water partition coefficient (Wildman–Crippen LogP) is 3.10. The molecular weight excluding hydrogens is 473 g/mol. The maximum atomic E-state index is 14.2. The molecule has 3 rings (SSSR count). The van der Waals surface area contributed by atoms with Gasteiger partial charge in [0.15, 0.2) is 21.4 Å². The number of sulfone groups is 1. The average Bonchev–Trinajstić information content (AvgIpc) is 2.66. The van der Waals surface area contributed by atoms with Gasteiger partial charge in [-0.05, 0) is 34.1 Å². The third kappa shape index (κ3) is 5.12. The Bertz CT molecular complexity index is 1030. The van der Waals surface area contributed by atoms with E-state index >= 15 is 0 Å². The van der Waals surface area contributed by atoms with Crippen molar-refractivity contribution < 1.29 is 32.2 Å². The summed E-state index contributed by atoms with van der Waals surface area (Å²) in [5.74, 6) is -0.902. The van der Waals surface area contributed by atoms with Gasteiger partial charge in [-0.1, -0.05) is 0 Å². The lowest BCUT2D eigenvalue weighted by Crippen LogP contribution is -2.41. The molecule has 0 atom stereocenters. The van der Waals surface area contributed by atoms with Crippen molar-refractivity contribution in [2.75, 3.05) is 19.3 Å². The number of amides is 1. The van der Waals surface area contributed by atoms with E-state index in [9.17, 15) is 17.6 Å². The summed E-state index contributed by atoms with van der Waals surface area (Å²) in [5.41, 5.74) is 0. The Balaban J connectivity index is 1.73. The molecule has 9 nitrogen and oxygen atoms in total. The highest BCUT2D eigenvalue weighted by Gasteiger charge is 2.25. The molecule has 2 aromatic rings. The number of halogens is 2. The van der Waals surface area contributed by atoms with Gasteiger partial charge < -0.3 is 19.5 Å². The maximum Gasteiger partial charge on any atom is 0.407 e. The van der Waals surface area contributed by atoms with E-state index in [1.807, 2.05) is 0 Å². The SMILES string of the molecule is CS(=O)(=O)c1ccc(Oc2ncnc(OC3CCN(C(=O)O)CC3)c2Br)c(F)c1. The van der Waals surface area contributed by atoms with Crippen LogP contribution in [0.4, 0.5) is 9.18 Å². The number of likely N-dealkylation sites (tertiary alicyclic amines) is 1. The topological polar surface area (TPSA) is 119 Å². The first-order chi connectivity index (χ1) is 13.6. The summed E-state index contributed by atoms with van der Waals surface area (Å²) in [4.78, 5) is 20.1. The molecule has 0 radical (unpaired) electrons. The predicted molar refractivity (Wildman–Crippen MR) is 103 cm³/mol. The van der Waals surface area contributed by atoms with Gasteiger partial charge in [0.1, 0.15) is 16.9 Å². The van der Waals surface area contributed by atoms with Gasteiger partial charge in [-0.3, -0.25) is 0 Å². The fourth-order valence-corrected chi connectivity index (χ4v) is 3.73. The number of rotatable bonds is 5. The molecule has 1 amide bonds. The quantitative estimate of drug-likeness (QED) is 0.680. The number of ether oxygens (including phenoxy) is 2. The molecule has 156 valence electrons. The molecule has 1 aliphatic rings. The van der Waals surface area contributed by atoms with E-state index in [-0.39, 0.29) is 33.0 Å². The smallest absolute Gasteiger partial charge is 0.407 e. The zero-order valence-electron chi connectivity index (χ0n) is 15.2. The number of hydrogen-bond donors (Lipinski definition) is 1. The van der Waals surface area contributed by atoms with Crippen molar-refractivity contribution in [3.05, 3.63) is 34.8 Å². The van der Waals surface area contributed by atoms with Crippen LogP contribution in [-0.4, -0.2) is 59.9 Å². The summed E-state index contributed by atoms with van der Waals surface area (Å²) < 4.78 is 48.8. The number of benzene rings is 1. The second-order valence-electron chi connectivity index (χ2n) is 6.35. The second-order valence-corrected chi connectivity index (χ2v) is 9.16. The third-order valence-electron chi connectivity index (χ3n) is 4.25. The lowest BCUT2D eigenvalue weighted by atomic mass is 10.1. The van der Waals surface area contributed by atoms with Crippen LogP contribution in [0.5, 0.6) is 17.5 Å². The van der Waals surface area contributed by atoms with Gasteiger partial charge in [-0.25, -0.2) is 27.6 Å². The Hall–Kier alpha value is -2.47. The number of carboxylic acid groups (broad SMARTS) is 1. The molecule has 1 saturated heterocycles. The van der Waals surface area contributed by atoms with E-state index in [1.165, 1.54) is 23.4 Å². The molecule has 0 unspecified atom stereocenters. The zero-order chi connectivity index (χ0) is 21.2. The number of aromatic nitrogens is 2. The van der Waals surface area contributed by atoms with Crippen molar-refractivity contribution in [3.8, 4) is 17.5 Å². The zero-order valence-corrected chi connectivity index (χ0v) is 17.6. The number of piperidine rings is 1. The van der Waals surface area contributed by atoms with Crippen LogP contribution < -0.4 is 9.47 Å². The van der Waals surface area contributed by atoms with Gasteiger partial charge in [0, 0.05) is 32.2 Å². The van der Waals surface area contributed by atoms with Crippen LogP contribution in [0.3, 0.4) is 0 Å².